The summed E-state index contributed by atoms with van der Waals surface area (Å²) in [6.07, 6.45) is 1.64. The minimum absolute atomic E-state index is 0.447. The second-order valence-electron chi connectivity index (χ2n) is 3.89. The Hall–Kier alpha value is -1.90. The standard InChI is InChI=1S/C14H14FNO/c1-11-2-6-14(7-3-11)17-10-12-4-5-13(8-15)16-9-12/h2-7,9H,8,10H2,1H3. The molecule has 2 aromatic rings. The van der Waals surface area contributed by atoms with E-state index in [0.717, 1.165) is 11.3 Å². The minimum Gasteiger partial charge on any atom is -0.489 e. The maximum absolute atomic E-state index is 12.3. The molecule has 2 rings (SSSR count). The van der Waals surface area contributed by atoms with E-state index in [1.165, 1.54) is 5.56 Å². The van der Waals surface area contributed by atoms with E-state index in [1.54, 1.807) is 12.3 Å². The van der Waals surface area contributed by atoms with Crippen LogP contribution in [0.5, 0.6) is 5.75 Å². The maximum atomic E-state index is 12.3. The molecule has 0 unspecified atom stereocenters. The van der Waals surface area contributed by atoms with Crippen LogP contribution in [0.1, 0.15) is 16.8 Å². The first-order valence-corrected chi connectivity index (χ1v) is 5.47. The van der Waals surface area contributed by atoms with Crippen LogP contribution in [0.2, 0.25) is 0 Å². The fraction of sp³-hybridized carbons (Fsp3) is 0.214. The molecule has 17 heavy (non-hydrogen) atoms. The Morgan fingerprint density at radius 1 is 1.12 bits per heavy atom. The normalized spacial score (nSPS) is 10.2. The van der Waals surface area contributed by atoms with Crippen LogP contribution in [0.15, 0.2) is 42.6 Å². The van der Waals surface area contributed by atoms with E-state index in [0.29, 0.717) is 12.3 Å². The topological polar surface area (TPSA) is 22.1 Å². The van der Waals surface area contributed by atoms with Gasteiger partial charge >= 0.3 is 0 Å². The molecule has 0 aliphatic carbocycles. The lowest BCUT2D eigenvalue weighted by Gasteiger charge is -2.06. The van der Waals surface area contributed by atoms with Crippen molar-refractivity contribution in [3.8, 4) is 5.75 Å². The number of benzene rings is 1. The molecule has 0 saturated heterocycles. The van der Waals surface area contributed by atoms with Crippen LogP contribution in [0.4, 0.5) is 4.39 Å². The Morgan fingerprint density at radius 3 is 2.47 bits per heavy atom. The Kier molecular flexibility index (Phi) is 3.70. The van der Waals surface area contributed by atoms with Gasteiger partial charge in [0.2, 0.25) is 0 Å². The predicted octanol–water partition coefficient (Wildman–Crippen LogP) is 3.44. The van der Waals surface area contributed by atoms with Crippen molar-refractivity contribution in [3.63, 3.8) is 0 Å². The molecule has 0 radical (unpaired) electrons. The molecule has 1 heterocycles. The SMILES string of the molecule is Cc1ccc(OCc2ccc(CF)nc2)cc1. The highest BCUT2D eigenvalue weighted by Crippen LogP contribution is 2.13. The monoisotopic (exact) mass is 231 g/mol. The van der Waals surface area contributed by atoms with Gasteiger partial charge in [0.15, 0.2) is 0 Å². The predicted molar refractivity (Wildman–Crippen MR) is 64.6 cm³/mol. The van der Waals surface area contributed by atoms with Gasteiger partial charge < -0.3 is 4.74 Å². The minimum atomic E-state index is -0.529. The third-order valence-corrected chi connectivity index (χ3v) is 2.45. The van der Waals surface area contributed by atoms with E-state index in [2.05, 4.69) is 4.98 Å². The number of ether oxygens (including phenoxy) is 1. The molecule has 0 atom stereocenters. The number of hydrogen-bond donors (Lipinski definition) is 0. The molecule has 88 valence electrons. The van der Waals surface area contributed by atoms with E-state index in [4.69, 9.17) is 4.74 Å². The van der Waals surface area contributed by atoms with Crippen molar-refractivity contribution in [2.75, 3.05) is 0 Å². The van der Waals surface area contributed by atoms with Crippen molar-refractivity contribution < 1.29 is 9.13 Å². The van der Waals surface area contributed by atoms with E-state index in [1.807, 2.05) is 37.3 Å². The van der Waals surface area contributed by atoms with Crippen LogP contribution in [0.25, 0.3) is 0 Å². The third-order valence-electron chi connectivity index (χ3n) is 2.45. The van der Waals surface area contributed by atoms with Crippen LogP contribution >= 0.6 is 0 Å². The average Bonchev–Trinajstić information content (AvgIpc) is 2.39. The van der Waals surface area contributed by atoms with Gasteiger partial charge in [-0.2, -0.15) is 0 Å². The van der Waals surface area contributed by atoms with Crippen molar-refractivity contribution in [2.45, 2.75) is 20.2 Å². The summed E-state index contributed by atoms with van der Waals surface area (Å²) in [5.41, 5.74) is 2.58. The van der Waals surface area contributed by atoms with Gasteiger partial charge in [-0.25, -0.2) is 4.39 Å². The molecule has 0 saturated carbocycles. The van der Waals surface area contributed by atoms with Gasteiger partial charge in [0.25, 0.3) is 0 Å². The van der Waals surface area contributed by atoms with Crippen LogP contribution < -0.4 is 4.74 Å². The molecular weight excluding hydrogens is 217 g/mol. The highest BCUT2D eigenvalue weighted by atomic mass is 19.1. The third kappa shape index (κ3) is 3.28. The lowest BCUT2D eigenvalue weighted by atomic mass is 10.2. The lowest BCUT2D eigenvalue weighted by Crippen LogP contribution is -1.97. The van der Waals surface area contributed by atoms with Gasteiger partial charge in [-0.15, -0.1) is 0 Å². The van der Waals surface area contributed by atoms with Gasteiger partial charge in [-0.05, 0) is 25.1 Å². The fourth-order valence-electron chi connectivity index (χ4n) is 1.42. The van der Waals surface area contributed by atoms with Crippen LogP contribution in [-0.2, 0) is 13.3 Å². The molecular formula is C14H14FNO. The zero-order chi connectivity index (χ0) is 12.1. The first-order valence-electron chi connectivity index (χ1n) is 5.47. The quantitative estimate of drug-likeness (QED) is 0.804. The molecule has 0 spiro atoms. The average molecular weight is 231 g/mol. The number of pyridine rings is 1. The van der Waals surface area contributed by atoms with E-state index < -0.39 is 6.67 Å². The van der Waals surface area contributed by atoms with Crippen LogP contribution in [0.3, 0.4) is 0 Å². The van der Waals surface area contributed by atoms with Crippen molar-refractivity contribution in [2.24, 2.45) is 0 Å². The summed E-state index contributed by atoms with van der Waals surface area (Å²) >= 11 is 0. The highest BCUT2D eigenvalue weighted by molar-refractivity contribution is 5.26. The van der Waals surface area contributed by atoms with E-state index in [-0.39, 0.29) is 0 Å². The zero-order valence-electron chi connectivity index (χ0n) is 9.69. The van der Waals surface area contributed by atoms with Gasteiger partial charge in [0, 0.05) is 11.8 Å². The fourth-order valence-corrected chi connectivity index (χ4v) is 1.42. The summed E-state index contributed by atoms with van der Waals surface area (Å²) < 4.78 is 17.8. The number of rotatable bonds is 4. The number of aromatic nitrogens is 1. The summed E-state index contributed by atoms with van der Waals surface area (Å²) in [4.78, 5) is 3.97. The maximum Gasteiger partial charge on any atom is 0.131 e. The van der Waals surface area contributed by atoms with E-state index in [9.17, 15) is 4.39 Å². The Balaban J connectivity index is 1.95. The first kappa shape index (κ1) is 11.6. The number of nitrogens with zero attached hydrogens (tertiary/aromatic N) is 1. The van der Waals surface area contributed by atoms with Gasteiger partial charge in [0.1, 0.15) is 19.0 Å². The van der Waals surface area contributed by atoms with Crippen molar-refractivity contribution in [1.29, 1.82) is 0 Å². The summed E-state index contributed by atoms with van der Waals surface area (Å²) in [7, 11) is 0. The zero-order valence-corrected chi connectivity index (χ0v) is 9.69. The molecule has 2 nitrogen and oxygen atoms in total. The smallest absolute Gasteiger partial charge is 0.131 e. The summed E-state index contributed by atoms with van der Waals surface area (Å²) in [6.45, 7) is 1.95. The molecule has 0 amide bonds. The van der Waals surface area contributed by atoms with Crippen LogP contribution in [-0.4, -0.2) is 4.98 Å². The Morgan fingerprint density at radius 2 is 1.88 bits per heavy atom. The van der Waals surface area contributed by atoms with E-state index >= 15 is 0 Å². The Labute approximate surface area is 100 Å². The highest BCUT2D eigenvalue weighted by Gasteiger charge is 1.97. The molecule has 1 aromatic heterocycles. The summed E-state index contributed by atoms with van der Waals surface area (Å²) in [6, 6.07) is 11.4. The molecule has 0 bridgehead atoms. The van der Waals surface area contributed by atoms with Gasteiger partial charge in [-0.3, -0.25) is 4.98 Å². The number of aryl methyl sites for hydroxylation is 1. The van der Waals surface area contributed by atoms with Crippen molar-refractivity contribution >= 4 is 0 Å². The van der Waals surface area contributed by atoms with Gasteiger partial charge in [0.05, 0.1) is 5.69 Å². The van der Waals surface area contributed by atoms with Crippen molar-refractivity contribution in [3.05, 3.63) is 59.4 Å². The van der Waals surface area contributed by atoms with Crippen LogP contribution in [0, 0.1) is 6.92 Å². The number of alkyl halides is 1. The lowest BCUT2D eigenvalue weighted by molar-refractivity contribution is 0.305. The summed E-state index contributed by atoms with van der Waals surface area (Å²) in [5, 5.41) is 0. The van der Waals surface area contributed by atoms with Crippen molar-refractivity contribution in [1.82, 2.24) is 4.98 Å². The molecule has 3 heteroatoms. The molecule has 0 aliphatic heterocycles. The molecule has 0 fully saturated rings. The summed E-state index contributed by atoms with van der Waals surface area (Å²) in [5.74, 6) is 0.824. The second kappa shape index (κ2) is 5.43. The second-order valence-corrected chi connectivity index (χ2v) is 3.89. The number of halogens is 1. The molecule has 1 aromatic carbocycles. The van der Waals surface area contributed by atoms with Gasteiger partial charge in [-0.1, -0.05) is 23.8 Å². The Bertz CT molecular complexity index is 465. The molecule has 0 aliphatic rings. The largest absolute Gasteiger partial charge is 0.489 e. The first-order chi connectivity index (χ1) is 8.28. The number of hydrogen-bond acceptors (Lipinski definition) is 2. The molecule has 0 N–H and O–H groups in total.